The van der Waals surface area contributed by atoms with Crippen LogP contribution in [0.5, 0.6) is 0 Å². The van der Waals surface area contributed by atoms with Crippen LogP contribution in [0.25, 0.3) is 11.1 Å². The summed E-state index contributed by atoms with van der Waals surface area (Å²) in [6, 6.07) is 13.8. The number of rotatable bonds is 9. The van der Waals surface area contributed by atoms with Gasteiger partial charge in [-0.05, 0) is 41.0 Å². The first-order valence-corrected chi connectivity index (χ1v) is 11.7. The largest absolute Gasteiger partial charge is 0.480 e. The monoisotopic (exact) mass is 482 g/mol. The van der Waals surface area contributed by atoms with Crippen molar-refractivity contribution in [3.05, 3.63) is 59.7 Å². The maximum absolute atomic E-state index is 12.9. The number of hydrogen-bond donors (Lipinski definition) is 3. The fourth-order valence-electron chi connectivity index (χ4n) is 4.37. The lowest BCUT2D eigenvalue weighted by atomic mass is 9.88. The molecular formula is C27H34N2O6. The van der Waals surface area contributed by atoms with Gasteiger partial charge in [0.2, 0.25) is 5.91 Å². The van der Waals surface area contributed by atoms with Gasteiger partial charge in [0.05, 0.1) is 6.10 Å². The minimum atomic E-state index is -1.14. The number of carbonyl (C=O) groups excluding carboxylic acids is 2. The number of methoxy groups -OCH3 is 1. The fraction of sp³-hybridized carbons (Fsp3) is 0.444. The first-order chi connectivity index (χ1) is 16.5. The van der Waals surface area contributed by atoms with Crippen molar-refractivity contribution in [1.29, 1.82) is 0 Å². The molecule has 0 radical (unpaired) electrons. The number of fused-ring (bicyclic) bond motifs is 3. The molecule has 2 amide bonds. The molecule has 0 saturated heterocycles. The van der Waals surface area contributed by atoms with Gasteiger partial charge in [0.15, 0.2) is 0 Å². The molecule has 188 valence electrons. The summed E-state index contributed by atoms with van der Waals surface area (Å²) in [5.74, 6) is -1.91. The third-order valence-electron chi connectivity index (χ3n) is 6.17. The molecular weight excluding hydrogens is 448 g/mol. The Bertz CT molecular complexity index is 1030. The van der Waals surface area contributed by atoms with Crippen molar-refractivity contribution < 1.29 is 29.0 Å². The van der Waals surface area contributed by atoms with Crippen LogP contribution in [0.2, 0.25) is 0 Å². The Balaban J connectivity index is 1.68. The van der Waals surface area contributed by atoms with E-state index in [1.54, 1.807) is 6.92 Å². The van der Waals surface area contributed by atoms with E-state index in [1.807, 2.05) is 69.3 Å². The Morgan fingerprint density at radius 3 is 2.00 bits per heavy atom. The molecule has 0 spiro atoms. The molecule has 3 atom stereocenters. The molecule has 3 N–H and O–H groups in total. The van der Waals surface area contributed by atoms with Crippen molar-refractivity contribution in [3.63, 3.8) is 0 Å². The quantitative estimate of drug-likeness (QED) is 0.499. The molecule has 8 nitrogen and oxygen atoms in total. The molecule has 0 fully saturated rings. The molecule has 35 heavy (non-hydrogen) atoms. The number of ether oxygens (including phenoxy) is 2. The van der Waals surface area contributed by atoms with Crippen LogP contribution in [0, 0.1) is 5.41 Å². The zero-order valence-corrected chi connectivity index (χ0v) is 20.8. The van der Waals surface area contributed by atoms with E-state index in [0.29, 0.717) is 0 Å². The summed E-state index contributed by atoms with van der Waals surface area (Å²) in [5.41, 5.74) is 4.06. The van der Waals surface area contributed by atoms with Gasteiger partial charge < -0.3 is 25.2 Å². The van der Waals surface area contributed by atoms with E-state index in [2.05, 4.69) is 10.6 Å². The smallest absolute Gasteiger partial charge is 0.407 e. The summed E-state index contributed by atoms with van der Waals surface area (Å²) in [5, 5.41) is 14.6. The van der Waals surface area contributed by atoms with Gasteiger partial charge >= 0.3 is 12.1 Å². The van der Waals surface area contributed by atoms with Gasteiger partial charge in [-0.2, -0.15) is 0 Å². The van der Waals surface area contributed by atoms with Crippen LogP contribution in [0.15, 0.2) is 48.5 Å². The van der Waals surface area contributed by atoms with Crippen molar-refractivity contribution in [3.8, 4) is 11.1 Å². The molecule has 2 aromatic carbocycles. The minimum Gasteiger partial charge on any atom is -0.480 e. The number of benzene rings is 2. The van der Waals surface area contributed by atoms with Gasteiger partial charge in [-0.1, -0.05) is 69.3 Å². The first-order valence-electron chi connectivity index (χ1n) is 11.7. The fourth-order valence-corrected chi connectivity index (χ4v) is 4.37. The SMILES string of the molecule is CO[C@H](C)[C@H](NC(=O)OCC1c2ccccc2-c2ccccc21)C(=O)NC(CC(C)(C)C)C(=O)O. The predicted octanol–water partition coefficient (Wildman–Crippen LogP) is 3.93. The molecule has 2 aromatic rings. The van der Waals surface area contributed by atoms with Gasteiger partial charge in [-0.15, -0.1) is 0 Å². The van der Waals surface area contributed by atoms with E-state index in [-0.39, 0.29) is 24.4 Å². The number of alkyl carbamates (subject to hydrolysis) is 1. The summed E-state index contributed by atoms with van der Waals surface area (Å²) in [4.78, 5) is 37.4. The molecule has 0 heterocycles. The van der Waals surface area contributed by atoms with E-state index in [9.17, 15) is 19.5 Å². The Morgan fingerprint density at radius 1 is 0.971 bits per heavy atom. The van der Waals surface area contributed by atoms with Crippen LogP contribution in [0.4, 0.5) is 4.79 Å². The Kier molecular flexibility index (Phi) is 8.17. The summed E-state index contributed by atoms with van der Waals surface area (Å²) in [6.45, 7) is 7.38. The standard InChI is InChI=1S/C27H34N2O6/c1-16(34-5)23(24(30)28-22(25(31)32)14-27(2,3)4)29-26(33)35-15-21-19-12-8-6-10-17(19)18-11-7-9-13-20(18)21/h6-13,16,21-23H,14-15H2,1-5H3,(H,28,30)(H,29,33)(H,31,32)/t16-,22?,23+/m1/s1. The van der Waals surface area contributed by atoms with E-state index in [4.69, 9.17) is 9.47 Å². The van der Waals surface area contributed by atoms with Crippen molar-refractivity contribution in [2.24, 2.45) is 5.41 Å². The average Bonchev–Trinajstić information content (AvgIpc) is 3.13. The van der Waals surface area contributed by atoms with Crippen LogP contribution < -0.4 is 10.6 Å². The van der Waals surface area contributed by atoms with Crippen LogP contribution in [0.1, 0.15) is 51.2 Å². The van der Waals surface area contributed by atoms with E-state index in [1.165, 1.54) is 7.11 Å². The number of aliphatic carboxylic acids is 1. The van der Waals surface area contributed by atoms with Crippen LogP contribution in [-0.4, -0.2) is 55.0 Å². The van der Waals surface area contributed by atoms with Gasteiger partial charge in [0.25, 0.3) is 0 Å². The Hall–Kier alpha value is -3.39. The van der Waals surface area contributed by atoms with Crippen molar-refractivity contribution in [2.75, 3.05) is 13.7 Å². The lowest BCUT2D eigenvalue weighted by Gasteiger charge is -2.28. The van der Waals surface area contributed by atoms with Gasteiger partial charge in [-0.25, -0.2) is 9.59 Å². The molecule has 0 aromatic heterocycles. The maximum atomic E-state index is 12.9. The molecule has 3 rings (SSSR count). The average molecular weight is 483 g/mol. The van der Waals surface area contributed by atoms with Crippen LogP contribution in [0.3, 0.4) is 0 Å². The van der Waals surface area contributed by atoms with Gasteiger partial charge in [0.1, 0.15) is 18.7 Å². The number of hydrogen-bond acceptors (Lipinski definition) is 5. The lowest BCUT2D eigenvalue weighted by Crippen LogP contribution is -2.56. The molecule has 0 bridgehead atoms. The summed E-state index contributed by atoms with van der Waals surface area (Å²) in [7, 11) is 1.41. The number of nitrogens with one attached hydrogen (secondary N) is 2. The summed E-state index contributed by atoms with van der Waals surface area (Å²) in [6.07, 6.45) is -1.26. The molecule has 1 aliphatic rings. The summed E-state index contributed by atoms with van der Waals surface area (Å²) < 4.78 is 10.8. The van der Waals surface area contributed by atoms with Crippen molar-refractivity contribution in [1.82, 2.24) is 10.6 Å². The lowest BCUT2D eigenvalue weighted by molar-refractivity contribution is -0.143. The molecule has 8 heteroatoms. The zero-order chi connectivity index (χ0) is 25.8. The van der Waals surface area contributed by atoms with Crippen molar-refractivity contribution >= 4 is 18.0 Å². The number of carboxylic acids is 1. The molecule has 1 unspecified atom stereocenters. The highest BCUT2D eigenvalue weighted by Gasteiger charge is 2.34. The Morgan fingerprint density at radius 2 is 1.51 bits per heavy atom. The van der Waals surface area contributed by atoms with E-state index >= 15 is 0 Å². The maximum Gasteiger partial charge on any atom is 0.407 e. The number of carboxylic acid groups (broad SMARTS) is 1. The topological polar surface area (TPSA) is 114 Å². The highest BCUT2D eigenvalue weighted by atomic mass is 16.5. The van der Waals surface area contributed by atoms with E-state index < -0.39 is 36.2 Å². The highest BCUT2D eigenvalue weighted by molar-refractivity contribution is 5.89. The number of carbonyl (C=O) groups is 3. The minimum absolute atomic E-state index is 0.0946. The highest BCUT2D eigenvalue weighted by Crippen LogP contribution is 2.44. The van der Waals surface area contributed by atoms with Gasteiger partial charge in [-0.3, -0.25) is 4.79 Å². The third-order valence-corrected chi connectivity index (χ3v) is 6.17. The normalized spacial score (nSPS) is 15.3. The first kappa shape index (κ1) is 26.2. The van der Waals surface area contributed by atoms with Crippen molar-refractivity contribution in [2.45, 2.75) is 58.2 Å². The van der Waals surface area contributed by atoms with Gasteiger partial charge in [0, 0.05) is 13.0 Å². The third kappa shape index (κ3) is 6.39. The number of amides is 2. The second kappa shape index (κ2) is 10.9. The molecule has 0 saturated carbocycles. The Labute approximate surface area is 206 Å². The predicted molar refractivity (Wildman–Crippen MR) is 132 cm³/mol. The molecule has 1 aliphatic carbocycles. The van der Waals surface area contributed by atoms with Crippen LogP contribution >= 0.6 is 0 Å². The van der Waals surface area contributed by atoms with E-state index in [0.717, 1.165) is 22.3 Å². The second-order valence-electron chi connectivity index (χ2n) is 10.1. The second-order valence-corrected chi connectivity index (χ2v) is 10.1. The van der Waals surface area contributed by atoms with Crippen LogP contribution in [-0.2, 0) is 19.1 Å². The molecule has 0 aliphatic heterocycles. The summed E-state index contributed by atoms with van der Waals surface area (Å²) >= 11 is 0. The zero-order valence-electron chi connectivity index (χ0n) is 20.8.